The van der Waals surface area contributed by atoms with E-state index in [1.165, 1.54) is 18.9 Å². The highest BCUT2D eigenvalue weighted by Crippen LogP contribution is 2.24. The van der Waals surface area contributed by atoms with Gasteiger partial charge in [-0.2, -0.15) is 0 Å². The molecule has 1 atom stereocenters. The molecule has 0 saturated heterocycles. The Morgan fingerprint density at radius 1 is 1.35 bits per heavy atom. The van der Waals surface area contributed by atoms with Gasteiger partial charge in [0.25, 0.3) is 0 Å². The standard InChI is InChI=1S/C15H25ClO/c1-12(9-10-15(3,4)5)7-6-8-13(2)11-14(16)17/h6,8,11-12H,7,9-10H2,1-5H3. The molecule has 2 heteroatoms. The van der Waals surface area contributed by atoms with Crippen LogP contribution < -0.4 is 0 Å². The third-order valence-corrected chi connectivity index (χ3v) is 2.76. The smallest absolute Gasteiger partial charge is 0.245 e. The molecule has 0 radical (unpaired) electrons. The van der Waals surface area contributed by atoms with Crippen molar-refractivity contribution in [2.75, 3.05) is 0 Å². The molecule has 0 aliphatic rings. The van der Waals surface area contributed by atoms with E-state index in [0.717, 1.165) is 12.0 Å². The Morgan fingerprint density at radius 2 is 1.94 bits per heavy atom. The summed E-state index contributed by atoms with van der Waals surface area (Å²) in [7, 11) is 0. The average molecular weight is 257 g/mol. The number of rotatable bonds is 6. The Bertz CT molecular complexity index is 295. The van der Waals surface area contributed by atoms with Gasteiger partial charge in [-0.05, 0) is 54.7 Å². The van der Waals surface area contributed by atoms with E-state index < -0.39 is 5.24 Å². The van der Waals surface area contributed by atoms with Gasteiger partial charge in [-0.3, -0.25) is 4.79 Å². The summed E-state index contributed by atoms with van der Waals surface area (Å²) in [5.74, 6) is 0.685. The van der Waals surface area contributed by atoms with Crippen LogP contribution in [0.5, 0.6) is 0 Å². The quantitative estimate of drug-likeness (QED) is 0.367. The van der Waals surface area contributed by atoms with Crippen molar-refractivity contribution in [3.05, 3.63) is 23.8 Å². The van der Waals surface area contributed by atoms with Crippen molar-refractivity contribution in [3.8, 4) is 0 Å². The molecule has 1 unspecified atom stereocenters. The first-order valence-corrected chi connectivity index (χ1v) is 6.63. The molecule has 0 aliphatic heterocycles. The Labute approximate surface area is 111 Å². The summed E-state index contributed by atoms with van der Waals surface area (Å²) in [5, 5.41) is -0.409. The molecule has 0 rings (SSSR count). The minimum Gasteiger partial charge on any atom is -0.276 e. The molecular formula is C15H25ClO. The first-order valence-electron chi connectivity index (χ1n) is 6.25. The van der Waals surface area contributed by atoms with Crippen molar-refractivity contribution < 1.29 is 4.79 Å². The van der Waals surface area contributed by atoms with Crippen molar-refractivity contribution in [1.29, 1.82) is 0 Å². The predicted octanol–water partition coefficient (Wildman–Crippen LogP) is 5.11. The molecule has 0 heterocycles. The second-order valence-electron chi connectivity index (χ2n) is 6.04. The monoisotopic (exact) mass is 256 g/mol. The largest absolute Gasteiger partial charge is 0.276 e. The van der Waals surface area contributed by atoms with Gasteiger partial charge >= 0.3 is 0 Å². The van der Waals surface area contributed by atoms with Crippen LogP contribution in [0.4, 0.5) is 0 Å². The molecule has 0 bridgehead atoms. The summed E-state index contributed by atoms with van der Waals surface area (Å²) in [4.78, 5) is 10.6. The van der Waals surface area contributed by atoms with Gasteiger partial charge < -0.3 is 0 Å². The van der Waals surface area contributed by atoms with Crippen LogP contribution in [-0.2, 0) is 4.79 Å². The van der Waals surface area contributed by atoms with Gasteiger partial charge in [0.15, 0.2) is 0 Å². The summed E-state index contributed by atoms with van der Waals surface area (Å²) in [5.41, 5.74) is 1.33. The highest BCUT2D eigenvalue weighted by atomic mass is 35.5. The summed E-state index contributed by atoms with van der Waals surface area (Å²) in [6, 6.07) is 0. The zero-order valence-electron chi connectivity index (χ0n) is 11.7. The van der Waals surface area contributed by atoms with Gasteiger partial charge in [-0.25, -0.2) is 0 Å². The number of carbonyl (C=O) groups is 1. The maximum absolute atomic E-state index is 10.6. The SMILES string of the molecule is CC(C=CCC(C)CCC(C)(C)C)=CC(=O)Cl. The first-order chi connectivity index (χ1) is 7.70. The summed E-state index contributed by atoms with van der Waals surface area (Å²) >= 11 is 5.26. The Kier molecular flexibility index (Phi) is 7.45. The number of hydrogen-bond donors (Lipinski definition) is 0. The second kappa shape index (κ2) is 7.71. The van der Waals surface area contributed by atoms with E-state index in [0.29, 0.717) is 11.3 Å². The third kappa shape index (κ3) is 11.7. The fourth-order valence-electron chi connectivity index (χ4n) is 1.51. The van der Waals surface area contributed by atoms with Crippen molar-refractivity contribution in [1.82, 2.24) is 0 Å². The van der Waals surface area contributed by atoms with Crippen LogP contribution in [-0.4, -0.2) is 5.24 Å². The van der Waals surface area contributed by atoms with Crippen LogP contribution in [0.3, 0.4) is 0 Å². The van der Waals surface area contributed by atoms with Crippen molar-refractivity contribution in [3.63, 3.8) is 0 Å². The molecule has 0 spiro atoms. The predicted molar refractivity (Wildman–Crippen MR) is 76.2 cm³/mol. The van der Waals surface area contributed by atoms with Gasteiger partial charge in [0.2, 0.25) is 5.24 Å². The van der Waals surface area contributed by atoms with Crippen LogP contribution in [0.1, 0.15) is 53.9 Å². The molecule has 98 valence electrons. The molecule has 0 saturated carbocycles. The van der Waals surface area contributed by atoms with E-state index in [9.17, 15) is 4.79 Å². The lowest BCUT2D eigenvalue weighted by Crippen LogP contribution is -2.07. The van der Waals surface area contributed by atoms with E-state index >= 15 is 0 Å². The minimum absolute atomic E-state index is 0.409. The van der Waals surface area contributed by atoms with Gasteiger partial charge in [0, 0.05) is 6.08 Å². The zero-order valence-corrected chi connectivity index (χ0v) is 12.5. The maximum Gasteiger partial charge on any atom is 0.245 e. The molecule has 0 aliphatic carbocycles. The van der Waals surface area contributed by atoms with E-state index in [1.807, 2.05) is 13.0 Å². The lowest BCUT2D eigenvalue weighted by atomic mass is 9.86. The molecular weight excluding hydrogens is 232 g/mol. The average Bonchev–Trinajstić information content (AvgIpc) is 2.12. The van der Waals surface area contributed by atoms with Crippen LogP contribution >= 0.6 is 11.6 Å². The minimum atomic E-state index is -0.409. The second-order valence-corrected chi connectivity index (χ2v) is 6.41. The molecule has 0 aromatic carbocycles. The molecule has 17 heavy (non-hydrogen) atoms. The molecule has 0 aromatic heterocycles. The molecule has 0 amide bonds. The summed E-state index contributed by atoms with van der Waals surface area (Å²) < 4.78 is 0. The van der Waals surface area contributed by atoms with Crippen LogP contribution in [0, 0.1) is 11.3 Å². The van der Waals surface area contributed by atoms with E-state index in [-0.39, 0.29) is 0 Å². The highest BCUT2D eigenvalue weighted by molar-refractivity contribution is 6.66. The van der Waals surface area contributed by atoms with Gasteiger partial charge in [0.05, 0.1) is 0 Å². The summed E-state index contributed by atoms with van der Waals surface area (Å²) in [6.07, 6.45) is 9.07. The number of allylic oxidation sites excluding steroid dienone is 4. The summed E-state index contributed by atoms with van der Waals surface area (Å²) in [6.45, 7) is 11.0. The van der Waals surface area contributed by atoms with Crippen molar-refractivity contribution in [2.45, 2.75) is 53.9 Å². The van der Waals surface area contributed by atoms with E-state index in [4.69, 9.17) is 11.6 Å². The Balaban J connectivity index is 3.95. The van der Waals surface area contributed by atoms with Crippen LogP contribution in [0.25, 0.3) is 0 Å². The van der Waals surface area contributed by atoms with Crippen molar-refractivity contribution >= 4 is 16.8 Å². The molecule has 1 nitrogen and oxygen atoms in total. The number of halogens is 1. The highest BCUT2D eigenvalue weighted by Gasteiger charge is 2.11. The van der Waals surface area contributed by atoms with Gasteiger partial charge in [0.1, 0.15) is 0 Å². The normalized spacial score (nSPS) is 15.3. The van der Waals surface area contributed by atoms with Crippen LogP contribution in [0.2, 0.25) is 0 Å². The molecule has 0 aromatic rings. The topological polar surface area (TPSA) is 17.1 Å². The third-order valence-electron chi connectivity index (χ3n) is 2.65. The lowest BCUT2D eigenvalue weighted by molar-refractivity contribution is -0.107. The zero-order chi connectivity index (χ0) is 13.5. The Morgan fingerprint density at radius 3 is 2.41 bits per heavy atom. The first kappa shape index (κ1) is 16.4. The van der Waals surface area contributed by atoms with Crippen molar-refractivity contribution in [2.24, 2.45) is 11.3 Å². The van der Waals surface area contributed by atoms with E-state index in [1.54, 1.807) is 0 Å². The molecule has 0 fully saturated rings. The lowest BCUT2D eigenvalue weighted by Gasteiger charge is -2.20. The fourth-order valence-corrected chi connectivity index (χ4v) is 1.68. The Hall–Kier alpha value is -0.560. The van der Waals surface area contributed by atoms with Gasteiger partial charge in [-0.15, -0.1) is 0 Å². The van der Waals surface area contributed by atoms with Gasteiger partial charge in [-0.1, -0.05) is 39.8 Å². The maximum atomic E-state index is 10.6. The number of hydrogen-bond acceptors (Lipinski definition) is 1. The molecule has 0 N–H and O–H groups in total. The van der Waals surface area contributed by atoms with E-state index in [2.05, 4.69) is 33.8 Å². The number of carbonyl (C=O) groups excluding carboxylic acids is 1. The fraction of sp³-hybridized carbons (Fsp3) is 0.667. The van der Waals surface area contributed by atoms with Crippen LogP contribution in [0.15, 0.2) is 23.8 Å².